The van der Waals surface area contributed by atoms with Gasteiger partial charge in [0.15, 0.2) is 0 Å². The van der Waals surface area contributed by atoms with Crippen LogP contribution in [0.2, 0.25) is 0 Å². The van der Waals surface area contributed by atoms with E-state index < -0.39 is 21.9 Å². The van der Waals surface area contributed by atoms with Gasteiger partial charge >= 0.3 is 5.97 Å². The van der Waals surface area contributed by atoms with Crippen molar-refractivity contribution in [2.45, 2.75) is 11.1 Å². The number of rotatable bonds is 5. The van der Waals surface area contributed by atoms with Crippen LogP contribution >= 0.6 is 11.3 Å². The summed E-state index contributed by atoms with van der Waals surface area (Å²) >= 11 is 0.854. The van der Waals surface area contributed by atoms with Crippen molar-refractivity contribution in [2.75, 3.05) is 13.6 Å². The maximum atomic E-state index is 12.1. The Morgan fingerprint density at radius 1 is 1.67 bits per heavy atom. The first-order valence-electron chi connectivity index (χ1n) is 4.96. The smallest absolute Gasteiger partial charge is 0.336 e. The number of carbonyl (C=O) groups is 1. The van der Waals surface area contributed by atoms with E-state index in [1.165, 1.54) is 12.4 Å². The second-order valence-corrected chi connectivity index (χ2v) is 6.96. The van der Waals surface area contributed by atoms with Gasteiger partial charge in [0.1, 0.15) is 4.21 Å². The lowest BCUT2D eigenvalue weighted by Crippen LogP contribution is -2.30. The Hall–Kier alpha value is -1.43. The Bertz CT molecular complexity index is 585. The van der Waals surface area contributed by atoms with Crippen LogP contribution in [0.4, 0.5) is 0 Å². The van der Waals surface area contributed by atoms with Crippen LogP contribution in [0.5, 0.6) is 0 Å². The van der Waals surface area contributed by atoms with Gasteiger partial charge in [-0.3, -0.25) is 0 Å². The van der Waals surface area contributed by atoms with Gasteiger partial charge in [-0.2, -0.15) is 9.57 Å². The molecule has 8 heteroatoms. The molecule has 0 spiro atoms. The van der Waals surface area contributed by atoms with E-state index in [1.807, 2.05) is 6.07 Å². The van der Waals surface area contributed by atoms with Crippen molar-refractivity contribution in [3.63, 3.8) is 0 Å². The average Bonchev–Trinajstić information content (AvgIpc) is 2.78. The first-order chi connectivity index (χ1) is 8.28. The van der Waals surface area contributed by atoms with Gasteiger partial charge in [0.2, 0.25) is 0 Å². The molecule has 1 unspecified atom stereocenters. The van der Waals surface area contributed by atoms with E-state index in [-0.39, 0.29) is 16.3 Å². The topological polar surface area (TPSA) is 98.5 Å². The van der Waals surface area contributed by atoms with Crippen LogP contribution in [0.15, 0.2) is 15.7 Å². The van der Waals surface area contributed by atoms with Gasteiger partial charge in [-0.05, 0) is 13.0 Å². The number of nitriles is 1. The average molecular weight is 288 g/mol. The number of carboxylic acids is 1. The summed E-state index contributed by atoms with van der Waals surface area (Å²) in [5, 5.41) is 18.7. The third kappa shape index (κ3) is 3.07. The number of hydrogen-bond donors (Lipinski definition) is 1. The largest absolute Gasteiger partial charge is 0.478 e. The van der Waals surface area contributed by atoms with Gasteiger partial charge in [0.25, 0.3) is 10.0 Å². The van der Waals surface area contributed by atoms with Crippen LogP contribution in [0.3, 0.4) is 0 Å². The highest BCUT2D eigenvalue weighted by Gasteiger charge is 2.25. The summed E-state index contributed by atoms with van der Waals surface area (Å²) in [5.41, 5.74) is -0.0553. The predicted molar refractivity (Wildman–Crippen MR) is 65.9 cm³/mol. The standard InChI is InChI=1S/C10H12N2O4S2/c1-7(4-11)5-12(2)18(15,16)9-3-8(6-17-9)10(13)14/h3,6-7H,5H2,1-2H3,(H,13,14). The molecule has 0 aromatic carbocycles. The van der Waals surface area contributed by atoms with Crippen molar-refractivity contribution in [3.8, 4) is 6.07 Å². The Morgan fingerprint density at radius 3 is 2.72 bits per heavy atom. The van der Waals surface area contributed by atoms with Gasteiger partial charge in [0, 0.05) is 19.0 Å². The summed E-state index contributed by atoms with van der Waals surface area (Å²) in [6, 6.07) is 3.07. The summed E-state index contributed by atoms with van der Waals surface area (Å²) in [7, 11) is -2.36. The molecule has 1 atom stereocenters. The zero-order valence-electron chi connectivity index (χ0n) is 9.82. The Balaban J connectivity index is 2.99. The summed E-state index contributed by atoms with van der Waals surface area (Å²) in [4.78, 5) is 10.7. The normalized spacial score (nSPS) is 13.2. The summed E-state index contributed by atoms with van der Waals surface area (Å²) in [5.74, 6) is -1.59. The minimum Gasteiger partial charge on any atom is -0.478 e. The minimum absolute atomic E-state index is 0.0347. The first kappa shape index (κ1) is 14.6. The molecule has 0 amide bonds. The lowest BCUT2D eigenvalue weighted by molar-refractivity contribution is 0.0697. The maximum absolute atomic E-state index is 12.1. The Labute approximate surface area is 109 Å². The predicted octanol–water partition coefficient (Wildman–Crippen LogP) is 1.23. The molecular formula is C10H12N2O4S2. The minimum atomic E-state index is -3.72. The van der Waals surface area contributed by atoms with E-state index in [1.54, 1.807) is 6.92 Å². The van der Waals surface area contributed by atoms with Gasteiger partial charge in [-0.25, -0.2) is 13.2 Å². The van der Waals surface area contributed by atoms with Gasteiger partial charge in [0.05, 0.1) is 17.6 Å². The first-order valence-corrected chi connectivity index (χ1v) is 7.28. The van der Waals surface area contributed by atoms with E-state index in [0.717, 1.165) is 21.7 Å². The highest BCUT2D eigenvalue weighted by atomic mass is 32.2. The van der Waals surface area contributed by atoms with Crippen molar-refractivity contribution in [2.24, 2.45) is 5.92 Å². The molecule has 1 N–H and O–H groups in total. The third-order valence-corrected chi connectivity index (χ3v) is 5.48. The number of carboxylic acid groups (broad SMARTS) is 1. The molecule has 0 aliphatic heterocycles. The van der Waals surface area contributed by atoms with E-state index in [9.17, 15) is 13.2 Å². The highest BCUT2D eigenvalue weighted by molar-refractivity contribution is 7.91. The fourth-order valence-electron chi connectivity index (χ4n) is 1.24. The van der Waals surface area contributed by atoms with E-state index >= 15 is 0 Å². The van der Waals surface area contributed by atoms with E-state index in [0.29, 0.717) is 0 Å². The van der Waals surface area contributed by atoms with Crippen molar-refractivity contribution >= 4 is 27.3 Å². The molecule has 0 radical (unpaired) electrons. The number of thiophene rings is 1. The fourth-order valence-corrected chi connectivity index (χ4v) is 3.86. The lowest BCUT2D eigenvalue weighted by Gasteiger charge is -2.16. The monoisotopic (exact) mass is 288 g/mol. The van der Waals surface area contributed by atoms with E-state index in [4.69, 9.17) is 10.4 Å². The van der Waals surface area contributed by atoms with Crippen LogP contribution in [0.1, 0.15) is 17.3 Å². The summed E-state index contributed by atoms with van der Waals surface area (Å²) in [6.07, 6.45) is 0. The molecule has 0 bridgehead atoms. The molecule has 1 aromatic heterocycles. The molecule has 0 aliphatic carbocycles. The molecule has 0 saturated heterocycles. The second-order valence-electron chi connectivity index (χ2n) is 3.78. The molecule has 6 nitrogen and oxygen atoms in total. The number of sulfonamides is 1. The van der Waals surface area contributed by atoms with Crippen LogP contribution in [-0.2, 0) is 10.0 Å². The molecule has 18 heavy (non-hydrogen) atoms. The second kappa shape index (κ2) is 5.48. The van der Waals surface area contributed by atoms with Crippen molar-refractivity contribution in [1.82, 2.24) is 4.31 Å². The van der Waals surface area contributed by atoms with E-state index in [2.05, 4.69) is 0 Å². The molecule has 0 saturated carbocycles. The lowest BCUT2D eigenvalue weighted by atomic mass is 10.2. The SMILES string of the molecule is CC(C#N)CN(C)S(=O)(=O)c1cc(C(=O)O)cs1. The summed E-state index contributed by atoms with van der Waals surface area (Å²) < 4.78 is 25.1. The molecular weight excluding hydrogens is 276 g/mol. The van der Waals surface area contributed by atoms with Crippen LogP contribution in [0.25, 0.3) is 0 Å². The molecule has 1 rings (SSSR count). The third-order valence-electron chi connectivity index (χ3n) is 2.24. The molecule has 0 aliphatic rings. The molecule has 1 aromatic rings. The maximum Gasteiger partial charge on any atom is 0.336 e. The fraction of sp³-hybridized carbons (Fsp3) is 0.400. The number of hydrogen-bond acceptors (Lipinski definition) is 5. The van der Waals surface area contributed by atoms with Gasteiger partial charge in [-0.1, -0.05) is 0 Å². The van der Waals surface area contributed by atoms with Crippen LogP contribution < -0.4 is 0 Å². The van der Waals surface area contributed by atoms with Crippen LogP contribution in [0, 0.1) is 17.2 Å². The highest BCUT2D eigenvalue weighted by Crippen LogP contribution is 2.23. The molecule has 1 heterocycles. The zero-order chi connectivity index (χ0) is 13.9. The van der Waals surface area contributed by atoms with Crippen molar-refractivity contribution in [3.05, 3.63) is 17.0 Å². The zero-order valence-corrected chi connectivity index (χ0v) is 11.5. The van der Waals surface area contributed by atoms with Gasteiger partial charge in [-0.15, -0.1) is 11.3 Å². The van der Waals surface area contributed by atoms with Crippen molar-refractivity contribution in [1.29, 1.82) is 5.26 Å². The van der Waals surface area contributed by atoms with Gasteiger partial charge < -0.3 is 5.11 Å². The number of nitrogens with zero attached hydrogens (tertiary/aromatic N) is 2. The van der Waals surface area contributed by atoms with Crippen LogP contribution in [-0.4, -0.2) is 37.4 Å². The quantitative estimate of drug-likeness (QED) is 0.878. The summed E-state index contributed by atoms with van der Waals surface area (Å²) in [6.45, 7) is 1.68. The molecule has 0 fully saturated rings. The molecule has 98 valence electrons. The van der Waals surface area contributed by atoms with Crippen molar-refractivity contribution < 1.29 is 18.3 Å². The number of aromatic carboxylic acids is 1. The Kier molecular flexibility index (Phi) is 4.45. The Morgan fingerprint density at radius 2 is 2.28 bits per heavy atom.